The zero-order valence-corrected chi connectivity index (χ0v) is 19.9. The zero-order valence-electron chi connectivity index (χ0n) is 19.9. The summed E-state index contributed by atoms with van der Waals surface area (Å²) < 4.78 is 13.0. The van der Waals surface area contributed by atoms with Crippen LogP contribution in [0.3, 0.4) is 0 Å². The highest BCUT2D eigenvalue weighted by Gasteiger charge is 2.20. The molecule has 0 radical (unpaired) electrons. The summed E-state index contributed by atoms with van der Waals surface area (Å²) in [5.41, 5.74) is 5.68. The summed E-state index contributed by atoms with van der Waals surface area (Å²) in [5, 5.41) is 9.46. The third-order valence-electron chi connectivity index (χ3n) is 5.50. The molecule has 0 saturated carbocycles. The van der Waals surface area contributed by atoms with Gasteiger partial charge in [0.05, 0.1) is 36.1 Å². The van der Waals surface area contributed by atoms with Crippen LogP contribution >= 0.6 is 0 Å². The van der Waals surface area contributed by atoms with Gasteiger partial charge in [0, 0.05) is 25.5 Å². The lowest BCUT2D eigenvalue weighted by molar-refractivity contribution is 0.306. The van der Waals surface area contributed by atoms with E-state index in [1.807, 2.05) is 36.0 Å². The van der Waals surface area contributed by atoms with Gasteiger partial charge in [0.25, 0.3) is 0 Å². The maximum absolute atomic E-state index is 5.91. The first-order valence-electron chi connectivity index (χ1n) is 11.3. The van der Waals surface area contributed by atoms with Gasteiger partial charge in [0.2, 0.25) is 5.88 Å². The van der Waals surface area contributed by atoms with Gasteiger partial charge >= 0.3 is 0 Å². The van der Waals surface area contributed by atoms with Gasteiger partial charge in [-0.2, -0.15) is 5.10 Å². The van der Waals surface area contributed by atoms with Crippen molar-refractivity contribution in [1.82, 2.24) is 19.7 Å². The van der Waals surface area contributed by atoms with E-state index < -0.39 is 0 Å². The van der Waals surface area contributed by atoms with Crippen molar-refractivity contribution in [3.8, 4) is 22.9 Å². The molecule has 1 aromatic carbocycles. The number of hydrogen-bond acceptors (Lipinski definition) is 6. The highest BCUT2D eigenvalue weighted by Crippen LogP contribution is 2.36. The largest absolute Gasteiger partial charge is 0.497 e. The van der Waals surface area contributed by atoms with Gasteiger partial charge in [-0.15, -0.1) is 0 Å². The first kappa shape index (κ1) is 22.6. The van der Waals surface area contributed by atoms with E-state index in [-0.39, 0.29) is 5.92 Å². The van der Waals surface area contributed by atoms with E-state index in [0.29, 0.717) is 19.0 Å². The van der Waals surface area contributed by atoms with E-state index in [1.165, 1.54) is 0 Å². The van der Waals surface area contributed by atoms with Crippen molar-refractivity contribution in [2.24, 2.45) is 7.05 Å². The highest BCUT2D eigenvalue weighted by molar-refractivity contribution is 5.95. The van der Waals surface area contributed by atoms with Crippen LogP contribution in [0.5, 0.6) is 11.6 Å². The van der Waals surface area contributed by atoms with Crippen LogP contribution in [0, 0.1) is 0 Å². The first-order valence-corrected chi connectivity index (χ1v) is 11.3. The molecule has 0 aliphatic heterocycles. The van der Waals surface area contributed by atoms with E-state index in [2.05, 4.69) is 49.3 Å². The maximum Gasteiger partial charge on any atom is 0.222 e. The summed E-state index contributed by atoms with van der Waals surface area (Å²) in [6, 6.07) is 14.1. The van der Waals surface area contributed by atoms with Crippen LogP contribution in [0.25, 0.3) is 22.3 Å². The molecular weight excluding hydrogens is 414 g/mol. The van der Waals surface area contributed by atoms with Crippen LogP contribution in [0.2, 0.25) is 0 Å². The van der Waals surface area contributed by atoms with Gasteiger partial charge in [-0.1, -0.05) is 32.9 Å². The first-order chi connectivity index (χ1) is 16.0. The van der Waals surface area contributed by atoms with Crippen LogP contribution in [-0.2, 0) is 13.6 Å². The van der Waals surface area contributed by atoms with Crippen LogP contribution in [-0.4, -0.2) is 33.5 Å². The fourth-order valence-corrected chi connectivity index (χ4v) is 3.80. The molecular formula is C26H31N5O2. The minimum absolute atomic E-state index is 0.268. The van der Waals surface area contributed by atoms with Crippen molar-refractivity contribution in [3.63, 3.8) is 0 Å². The van der Waals surface area contributed by atoms with E-state index in [9.17, 15) is 0 Å². The van der Waals surface area contributed by atoms with Gasteiger partial charge < -0.3 is 14.8 Å². The normalized spacial score (nSPS) is 11.2. The third-order valence-corrected chi connectivity index (χ3v) is 5.50. The number of fused-ring (bicyclic) bond motifs is 1. The average Bonchev–Trinajstić information content (AvgIpc) is 3.18. The Morgan fingerprint density at radius 2 is 1.91 bits per heavy atom. The molecule has 3 heterocycles. The van der Waals surface area contributed by atoms with E-state index in [4.69, 9.17) is 19.6 Å². The number of ether oxygens (including phenoxy) is 2. The second-order valence-electron chi connectivity index (χ2n) is 8.32. The lowest BCUT2D eigenvalue weighted by Gasteiger charge is -2.14. The molecule has 33 heavy (non-hydrogen) atoms. The molecule has 0 atom stereocenters. The number of aryl methyl sites for hydroxylation is 1. The summed E-state index contributed by atoms with van der Waals surface area (Å²) in [6.07, 6.45) is 2.66. The third kappa shape index (κ3) is 4.77. The van der Waals surface area contributed by atoms with Crippen LogP contribution in [0.15, 0.2) is 48.7 Å². The molecule has 4 rings (SSSR count). The Kier molecular flexibility index (Phi) is 6.77. The fourth-order valence-electron chi connectivity index (χ4n) is 3.80. The molecule has 7 heteroatoms. The second kappa shape index (κ2) is 9.90. The number of aromatic nitrogens is 4. The number of nitrogens with zero attached hydrogens (tertiary/aromatic N) is 4. The molecule has 3 aromatic heterocycles. The Morgan fingerprint density at radius 1 is 1.12 bits per heavy atom. The maximum atomic E-state index is 5.91. The lowest BCUT2D eigenvalue weighted by atomic mass is 10.0. The molecule has 0 bridgehead atoms. The minimum Gasteiger partial charge on any atom is -0.497 e. The van der Waals surface area contributed by atoms with Crippen molar-refractivity contribution in [1.29, 1.82) is 0 Å². The highest BCUT2D eigenvalue weighted by atomic mass is 16.5. The molecule has 0 aliphatic rings. The summed E-state index contributed by atoms with van der Waals surface area (Å²) in [6.45, 7) is 7.66. The molecule has 0 fully saturated rings. The number of anilines is 1. The van der Waals surface area contributed by atoms with Gasteiger partial charge in [-0.05, 0) is 48.2 Å². The van der Waals surface area contributed by atoms with Crippen LogP contribution in [0.1, 0.15) is 44.4 Å². The van der Waals surface area contributed by atoms with Gasteiger partial charge in [-0.3, -0.25) is 4.68 Å². The number of nitrogens with one attached hydrogen (secondary N) is 1. The summed E-state index contributed by atoms with van der Waals surface area (Å²) in [5.74, 6) is 1.71. The minimum atomic E-state index is 0.268. The Labute approximate surface area is 194 Å². The average molecular weight is 446 g/mol. The van der Waals surface area contributed by atoms with Crippen LogP contribution < -0.4 is 14.8 Å². The lowest BCUT2D eigenvalue weighted by Crippen LogP contribution is -2.04. The summed E-state index contributed by atoms with van der Waals surface area (Å²) >= 11 is 0. The smallest absolute Gasteiger partial charge is 0.222 e. The topological polar surface area (TPSA) is 74.1 Å². The Morgan fingerprint density at radius 3 is 2.61 bits per heavy atom. The molecule has 7 nitrogen and oxygen atoms in total. The van der Waals surface area contributed by atoms with Gasteiger partial charge in [0.15, 0.2) is 5.65 Å². The van der Waals surface area contributed by atoms with Crippen LogP contribution in [0.4, 0.5) is 5.69 Å². The standard InChI is InChI=1S/C26H31N5O2/c1-6-14-33-26-20(8-7-13-27-26)21-15-22(28-16-18-9-11-19(32-5)12-10-18)23-24(17(2)3)30-31(4)25(23)29-21/h7-13,15,17H,6,14,16H2,1-5H3,(H,28,29). The van der Waals surface area contributed by atoms with Crippen molar-refractivity contribution < 1.29 is 9.47 Å². The SMILES string of the molecule is CCCOc1ncccc1-c1cc(NCc2ccc(OC)cc2)c2c(C(C)C)nn(C)c2n1. The predicted molar refractivity (Wildman–Crippen MR) is 132 cm³/mol. The number of benzene rings is 1. The second-order valence-corrected chi connectivity index (χ2v) is 8.32. The van der Waals surface area contributed by atoms with Gasteiger partial charge in [-0.25, -0.2) is 9.97 Å². The van der Waals surface area contributed by atoms with Crippen molar-refractivity contribution in [2.75, 3.05) is 19.0 Å². The molecule has 4 aromatic rings. The Hall–Kier alpha value is -3.61. The number of rotatable bonds is 9. The number of hydrogen-bond donors (Lipinski definition) is 1. The van der Waals surface area contributed by atoms with Crippen molar-refractivity contribution in [3.05, 3.63) is 59.9 Å². The van der Waals surface area contributed by atoms with E-state index >= 15 is 0 Å². The summed E-state index contributed by atoms with van der Waals surface area (Å²) in [7, 11) is 3.62. The fraction of sp³-hybridized carbons (Fsp3) is 0.346. The number of pyridine rings is 2. The molecule has 0 saturated heterocycles. The number of methoxy groups -OCH3 is 1. The Bertz CT molecular complexity index is 1230. The quantitative estimate of drug-likeness (QED) is 0.363. The van der Waals surface area contributed by atoms with Crippen molar-refractivity contribution in [2.45, 2.75) is 39.7 Å². The van der Waals surface area contributed by atoms with E-state index in [0.717, 1.165) is 51.4 Å². The van der Waals surface area contributed by atoms with E-state index in [1.54, 1.807) is 13.3 Å². The summed E-state index contributed by atoms with van der Waals surface area (Å²) in [4.78, 5) is 9.43. The molecule has 0 amide bonds. The predicted octanol–water partition coefficient (Wildman–Crippen LogP) is 5.56. The Balaban J connectivity index is 1.79. The molecule has 0 unspecified atom stereocenters. The molecule has 1 N–H and O–H groups in total. The molecule has 0 spiro atoms. The van der Waals surface area contributed by atoms with Gasteiger partial charge in [0.1, 0.15) is 5.75 Å². The zero-order chi connectivity index (χ0) is 23.4. The molecule has 172 valence electrons. The monoisotopic (exact) mass is 445 g/mol. The van der Waals surface area contributed by atoms with Crippen molar-refractivity contribution >= 4 is 16.7 Å². The molecule has 0 aliphatic carbocycles.